The number of carboxylic acid groups (broad SMARTS) is 1. The van der Waals surface area contributed by atoms with Crippen LogP contribution in [0.5, 0.6) is 0 Å². The molecule has 0 aliphatic carbocycles. The maximum absolute atomic E-state index is 11.7. The summed E-state index contributed by atoms with van der Waals surface area (Å²) in [5, 5.41) is 8.85. The first-order valence-corrected chi connectivity index (χ1v) is 6.78. The molecule has 0 fully saturated rings. The first kappa shape index (κ1) is 13.0. The number of carboxylic acids is 1. The topological polar surface area (TPSA) is 59.3 Å². The van der Waals surface area contributed by atoms with Gasteiger partial charge in [0.2, 0.25) is 0 Å². The fourth-order valence-corrected chi connectivity index (χ4v) is 2.88. The van der Waals surface area contributed by atoms with Gasteiger partial charge in [0.25, 0.3) is 0 Å². The van der Waals surface area contributed by atoms with Crippen LogP contribution in [0.25, 0.3) is 11.3 Å². The van der Waals surface area contributed by atoms with E-state index in [9.17, 15) is 9.59 Å². The number of rotatable bonds is 3. The van der Waals surface area contributed by atoms with E-state index < -0.39 is 5.97 Å². The van der Waals surface area contributed by atoms with Crippen LogP contribution in [0.15, 0.2) is 33.5 Å². The van der Waals surface area contributed by atoms with Crippen molar-refractivity contribution in [3.63, 3.8) is 0 Å². The summed E-state index contributed by atoms with van der Waals surface area (Å²) >= 11 is 4.41. The lowest BCUT2D eigenvalue weighted by Crippen LogP contribution is -2.19. The highest BCUT2D eigenvalue weighted by Crippen LogP contribution is 2.26. The number of nitrogens with zero attached hydrogens (tertiary/aromatic N) is 1. The summed E-state index contributed by atoms with van der Waals surface area (Å²) in [6, 6.07) is 7.44. The Morgan fingerprint density at radius 2 is 2.00 bits per heavy atom. The summed E-state index contributed by atoms with van der Waals surface area (Å²) in [5.74, 6) is -1.02. The molecule has 0 unspecified atom stereocenters. The lowest BCUT2D eigenvalue weighted by molar-refractivity contribution is -0.137. The molecule has 0 aliphatic heterocycles. The highest BCUT2D eigenvalue weighted by molar-refractivity contribution is 9.10. The van der Waals surface area contributed by atoms with E-state index in [2.05, 4.69) is 15.9 Å². The van der Waals surface area contributed by atoms with E-state index in [0.29, 0.717) is 5.69 Å². The van der Waals surface area contributed by atoms with E-state index >= 15 is 0 Å². The number of carbonyl (C=O) groups is 1. The molecule has 18 heavy (non-hydrogen) atoms. The van der Waals surface area contributed by atoms with Crippen LogP contribution in [0, 0.1) is 6.92 Å². The molecule has 0 spiro atoms. The summed E-state index contributed by atoms with van der Waals surface area (Å²) in [4.78, 5) is 23.1. The van der Waals surface area contributed by atoms with E-state index in [1.807, 2.05) is 31.2 Å². The second kappa shape index (κ2) is 5.07. The van der Waals surface area contributed by atoms with Gasteiger partial charge in [-0.25, -0.2) is 0 Å². The van der Waals surface area contributed by atoms with Crippen molar-refractivity contribution in [3.05, 3.63) is 43.3 Å². The Labute approximate surface area is 116 Å². The molecule has 0 bridgehead atoms. The smallest absolute Gasteiger partial charge is 0.323 e. The first-order valence-electron chi connectivity index (χ1n) is 5.17. The van der Waals surface area contributed by atoms with E-state index in [-0.39, 0.29) is 11.4 Å². The molecule has 1 aromatic carbocycles. The molecule has 94 valence electrons. The van der Waals surface area contributed by atoms with Crippen LogP contribution in [0.3, 0.4) is 0 Å². The lowest BCUT2D eigenvalue weighted by Gasteiger charge is -2.06. The van der Waals surface area contributed by atoms with Gasteiger partial charge < -0.3 is 5.11 Å². The van der Waals surface area contributed by atoms with Gasteiger partial charge in [-0.05, 0) is 24.6 Å². The highest BCUT2D eigenvalue weighted by atomic mass is 79.9. The van der Waals surface area contributed by atoms with Gasteiger partial charge in [0, 0.05) is 9.35 Å². The van der Waals surface area contributed by atoms with Gasteiger partial charge in [0.05, 0.1) is 5.69 Å². The second-order valence-corrected chi connectivity index (χ2v) is 5.84. The number of hydrogen-bond acceptors (Lipinski definition) is 3. The van der Waals surface area contributed by atoms with Crippen molar-refractivity contribution in [1.82, 2.24) is 4.57 Å². The fraction of sp³-hybridized carbons (Fsp3) is 0.167. The van der Waals surface area contributed by atoms with Crippen LogP contribution in [-0.4, -0.2) is 15.6 Å². The molecule has 1 N–H and O–H groups in total. The van der Waals surface area contributed by atoms with Crippen molar-refractivity contribution in [2.45, 2.75) is 13.5 Å². The van der Waals surface area contributed by atoms with Gasteiger partial charge in [-0.2, -0.15) is 0 Å². The fourth-order valence-electron chi connectivity index (χ4n) is 1.76. The number of aliphatic carboxylic acids is 1. The first-order chi connectivity index (χ1) is 8.49. The van der Waals surface area contributed by atoms with Crippen LogP contribution >= 0.6 is 27.3 Å². The maximum atomic E-state index is 11.7. The SMILES string of the molecule is Cc1sc(=O)n(CC(=O)O)c1-c1ccc(Br)cc1. The van der Waals surface area contributed by atoms with Gasteiger partial charge in [0.15, 0.2) is 0 Å². The van der Waals surface area contributed by atoms with Crippen molar-refractivity contribution in [3.8, 4) is 11.3 Å². The summed E-state index contributed by atoms with van der Waals surface area (Å²) in [6.45, 7) is 1.51. The summed E-state index contributed by atoms with van der Waals surface area (Å²) in [6.07, 6.45) is 0. The van der Waals surface area contributed by atoms with Crippen LogP contribution in [0.1, 0.15) is 4.88 Å². The third kappa shape index (κ3) is 2.54. The average Bonchev–Trinajstić information content (AvgIpc) is 2.55. The zero-order valence-electron chi connectivity index (χ0n) is 9.51. The Morgan fingerprint density at radius 1 is 1.39 bits per heavy atom. The van der Waals surface area contributed by atoms with Crippen LogP contribution in [0.2, 0.25) is 0 Å². The Balaban J connectivity index is 2.59. The van der Waals surface area contributed by atoms with Crippen molar-refractivity contribution in [2.75, 3.05) is 0 Å². The third-order valence-electron chi connectivity index (χ3n) is 2.48. The van der Waals surface area contributed by atoms with Crippen molar-refractivity contribution in [2.24, 2.45) is 0 Å². The number of hydrogen-bond donors (Lipinski definition) is 1. The number of aryl methyl sites for hydroxylation is 1. The minimum atomic E-state index is -1.02. The predicted molar refractivity (Wildman–Crippen MR) is 74.1 cm³/mol. The van der Waals surface area contributed by atoms with E-state index in [4.69, 9.17) is 5.11 Å². The molecule has 2 aromatic rings. The minimum absolute atomic E-state index is 0.243. The zero-order chi connectivity index (χ0) is 13.3. The monoisotopic (exact) mass is 327 g/mol. The Bertz CT molecular complexity index is 642. The molecular weight excluding hydrogens is 318 g/mol. The average molecular weight is 328 g/mol. The normalized spacial score (nSPS) is 10.6. The van der Waals surface area contributed by atoms with Crippen molar-refractivity contribution >= 4 is 33.2 Å². The Kier molecular flexibility index (Phi) is 3.68. The van der Waals surface area contributed by atoms with Crippen molar-refractivity contribution < 1.29 is 9.90 Å². The molecule has 0 aliphatic rings. The van der Waals surface area contributed by atoms with Crippen molar-refractivity contribution in [1.29, 1.82) is 0 Å². The van der Waals surface area contributed by atoms with Gasteiger partial charge in [-0.3, -0.25) is 14.2 Å². The molecule has 1 aromatic heterocycles. The van der Waals surface area contributed by atoms with Crippen LogP contribution in [0.4, 0.5) is 0 Å². The molecule has 0 atom stereocenters. The number of aromatic nitrogens is 1. The van der Waals surface area contributed by atoms with E-state index in [1.165, 1.54) is 4.57 Å². The molecule has 0 amide bonds. The van der Waals surface area contributed by atoms with Gasteiger partial charge >= 0.3 is 10.8 Å². The molecule has 0 saturated heterocycles. The quantitative estimate of drug-likeness (QED) is 0.942. The summed E-state index contributed by atoms with van der Waals surface area (Å²) < 4.78 is 2.23. The van der Waals surface area contributed by atoms with Crippen LogP contribution < -0.4 is 4.87 Å². The second-order valence-electron chi connectivity index (χ2n) is 3.76. The minimum Gasteiger partial charge on any atom is -0.480 e. The Morgan fingerprint density at radius 3 is 2.56 bits per heavy atom. The molecule has 2 rings (SSSR count). The van der Waals surface area contributed by atoms with E-state index in [1.54, 1.807) is 0 Å². The molecule has 1 heterocycles. The zero-order valence-corrected chi connectivity index (χ0v) is 11.9. The predicted octanol–water partition coefficient (Wildman–Crippen LogP) is 2.73. The lowest BCUT2D eigenvalue weighted by atomic mass is 10.1. The van der Waals surface area contributed by atoms with Gasteiger partial charge in [-0.1, -0.05) is 39.4 Å². The summed E-state index contributed by atoms with van der Waals surface area (Å²) in [7, 11) is 0. The third-order valence-corrected chi connectivity index (χ3v) is 3.90. The maximum Gasteiger partial charge on any atom is 0.323 e. The van der Waals surface area contributed by atoms with E-state index in [0.717, 1.165) is 26.3 Å². The van der Waals surface area contributed by atoms with Gasteiger partial charge in [0.1, 0.15) is 6.54 Å². The largest absolute Gasteiger partial charge is 0.480 e. The Hall–Kier alpha value is -1.40. The highest BCUT2D eigenvalue weighted by Gasteiger charge is 2.15. The molecular formula is C12H10BrNO3S. The molecule has 6 heteroatoms. The van der Waals surface area contributed by atoms with Crippen LogP contribution in [-0.2, 0) is 11.3 Å². The molecule has 0 saturated carbocycles. The summed E-state index contributed by atoms with van der Waals surface area (Å²) in [5.41, 5.74) is 1.52. The number of benzene rings is 1. The number of halogens is 1. The van der Waals surface area contributed by atoms with Gasteiger partial charge in [-0.15, -0.1) is 0 Å². The standard InChI is InChI=1S/C12H10BrNO3S/c1-7-11(8-2-4-9(13)5-3-8)14(6-10(15)16)12(17)18-7/h2-5H,6H2,1H3,(H,15,16). The number of thiazole rings is 1. The molecule has 0 radical (unpaired) electrons. The molecule has 4 nitrogen and oxygen atoms in total.